The number of para-hydroxylation sites is 1. The minimum absolute atomic E-state index is 0.0123. The van der Waals surface area contributed by atoms with Crippen molar-refractivity contribution in [2.24, 2.45) is 0 Å². The number of H-pyrrole nitrogens is 1. The molecule has 1 aliphatic heterocycles. The van der Waals surface area contributed by atoms with Crippen LogP contribution in [0.2, 0.25) is 0 Å². The molecular weight excluding hydrogens is 300 g/mol. The van der Waals surface area contributed by atoms with Crippen LogP contribution in [0.15, 0.2) is 30.5 Å². The fraction of sp³-hybridized carbons (Fsp3) is 0.550. The molecule has 2 aliphatic rings. The summed E-state index contributed by atoms with van der Waals surface area (Å²) in [5.41, 5.74) is 2.52. The Morgan fingerprint density at radius 3 is 2.88 bits per heavy atom. The summed E-state index contributed by atoms with van der Waals surface area (Å²) in [6.07, 6.45) is 9.79. The van der Waals surface area contributed by atoms with E-state index < -0.39 is 0 Å². The number of nitrogens with zero attached hydrogens (tertiary/aromatic N) is 1. The Morgan fingerprint density at radius 2 is 2.00 bits per heavy atom. The summed E-state index contributed by atoms with van der Waals surface area (Å²) in [6.45, 7) is 1.93. The molecule has 2 heterocycles. The molecule has 0 radical (unpaired) electrons. The number of ether oxygens (including phenoxy) is 1. The van der Waals surface area contributed by atoms with Gasteiger partial charge in [0.05, 0.1) is 0 Å². The summed E-state index contributed by atoms with van der Waals surface area (Å²) in [7, 11) is 0. The summed E-state index contributed by atoms with van der Waals surface area (Å²) in [5, 5.41) is 1.29. The van der Waals surface area contributed by atoms with Crippen molar-refractivity contribution in [3.63, 3.8) is 0 Å². The maximum atomic E-state index is 12.5. The Labute approximate surface area is 143 Å². The Hall–Kier alpha value is -1.81. The number of fused-ring (bicyclic) bond motifs is 1. The van der Waals surface area contributed by atoms with E-state index in [1.54, 1.807) is 0 Å². The molecule has 2 fully saturated rings. The summed E-state index contributed by atoms with van der Waals surface area (Å²) in [6, 6.07) is 8.37. The number of rotatable bonds is 5. The predicted octanol–water partition coefficient (Wildman–Crippen LogP) is 3.66. The lowest BCUT2D eigenvalue weighted by molar-refractivity contribution is -0.154. The molecular formula is C20H26N2O2. The zero-order valence-electron chi connectivity index (χ0n) is 14.2. The van der Waals surface area contributed by atoms with Gasteiger partial charge >= 0.3 is 5.97 Å². The monoisotopic (exact) mass is 326 g/mol. The lowest BCUT2D eigenvalue weighted by Crippen LogP contribution is -2.39. The normalized spacial score (nSPS) is 22.4. The van der Waals surface area contributed by atoms with Gasteiger partial charge in [-0.1, -0.05) is 18.2 Å². The SMILES string of the molecule is O=C(OC1CCCC1)C1CCCN1CCc1c[nH]c2ccccc12. The summed E-state index contributed by atoms with van der Waals surface area (Å²) in [4.78, 5) is 18.2. The highest BCUT2D eigenvalue weighted by atomic mass is 16.5. The second kappa shape index (κ2) is 6.98. The van der Waals surface area contributed by atoms with Crippen molar-refractivity contribution in [2.75, 3.05) is 13.1 Å². The molecule has 1 aromatic carbocycles. The van der Waals surface area contributed by atoms with Crippen LogP contribution in [-0.4, -0.2) is 41.1 Å². The van der Waals surface area contributed by atoms with E-state index in [2.05, 4.69) is 40.3 Å². The van der Waals surface area contributed by atoms with E-state index in [9.17, 15) is 4.79 Å². The van der Waals surface area contributed by atoms with Crippen LogP contribution in [-0.2, 0) is 16.0 Å². The van der Waals surface area contributed by atoms with Crippen LogP contribution in [0, 0.1) is 0 Å². The van der Waals surface area contributed by atoms with Crippen LogP contribution in [0.4, 0.5) is 0 Å². The number of aromatic nitrogens is 1. The molecule has 4 rings (SSSR count). The summed E-state index contributed by atoms with van der Waals surface area (Å²) < 4.78 is 5.75. The molecule has 0 amide bonds. The minimum atomic E-state index is -0.0317. The number of aromatic amines is 1. The van der Waals surface area contributed by atoms with Gasteiger partial charge < -0.3 is 9.72 Å². The van der Waals surface area contributed by atoms with Crippen LogP contribution in [0.25, 0.3) is 10.9 Å². The molecule has 0 spiro atoms. The maximum absolute atomic E-state index is 12.5. The third kappa shape index (κ3) is 3.20. The Balaban J connectivity index is 1.37. The van der Waals surface area contributed by atoms with Crippen molar-refractivity contribution < 1.29 is 9.53 Å². The molecule has 1 saturated heterocycles. The minimum Gasteiger partial charge on any atom is -0.461 e. The highest BCUT2D eigenvalue weighted by molar-refractivity contribution is 5.83. The molecule has 128 valence electrons. The first-order valence-electron chi connectivity index (χ1n) is 9.31. The average Bonchev–Trinajstić information content (AvgIpc) is 3.33. The van der Waals surface area contributed by atoms with Gasteiger partial charge in [-0.15, -0.1) is 0 Å². The van der Waals surface area contributed by atoms with Crippen LogP contribution < -0.4 is 0 Å². The topological polar surface area (TPSA) is 45.3 Å². The molecule has 4 heteroatoms. The van der Waals surface area contributed by atoms with Crippen molar-refractivity contribution in [2.45, 2.75) is 57.1 Å². The average molecular weight is 326 g/mol. The standard InChI is InChI=1S/C20H26N2O2/c23-20(24-16-6-1-2-7-16)19-10-5-12-22(19)13-11-15-14-21-18-9-4-3-8-17(15)18/h3-4,8-9,14,16,19,21H,1-2,5-7,10-13H2. The van der Waals surface area contributed by atoms with E-state index in [4.69, 9.17) is 4.74 Å². The maximum Gasteiger partial charge on any atom is 0.323 e. The molecule has 1 atom stereocenters. The number of esters is 1. The van der Waals surface area contributed by atoms with Gasteiger partial charge in [-0.3, -0.25) is 9.69 Å². The molecule has 0 bridgehead atoms. The van der Waals surface area contributed by atoms with Gasteiger partial charge in [0, 0.05) is 23.6 Å². The lowest BCUT2D eigenvalue weighted by atomic mass is 10.1. The number of carbonyl (C=O) groups excluding carboxylic acids is 1. The van der Waals surface area contributed by atoms with Crippen LogP contribution >= 0.6 is 0 Å². The first kappa shape index (κ1) is 15.7. The molecule has 4 nitrogen and oxygen atoms in total. The summed E-state index contributed by atoms with van der Waals surface area (Å²) in [5.74, 6) is 0.0123. The smallest absolute Gasteiger partial charge is 0.323 e. The molecule has 1 unspecified atom stereocenters. The number of benzene rings is 1. The van der Waals surface area contributed by atoms with Crippen molar-refractivity contribution in [3.8, 4) is 0 Å². The van der Waals surface area contributed by atoms with Crippen LogP contribution in [0.3, 0.4) is 0 Å². The third-order valence-corrected chi connectivity index (χ3v) is 5.56. The molecule has 1 aliphatic carbocycles. The molecule has 24 heavy (non-hydrogen) atoms. The van der Waals surface area contributed by atoms with Gasteiger partial charge in [0.1, 0.15) is 12.1 Å². The largest absolute Gasteiger partial charge is 0.461 e. The van der Waals surface area contributed by atoms with Crippen molar-refractivity contribution in [1.82, 2.24) is 9.88 Å². The molecule has 1 N–H and O–H groups in total. The molecule has 1 saturated carbocycles. The van der Waals surface area contributed by atoms with Gasteiger partial charge in [-0.2, -0.15) is 0 Å². The van der Waals surface area contributed by atoms with Crippen molar-refractivity contribution in [1.29, 1.82) is 0 Å². The second-order valence-corrected chi connectivity index (χ2v) is 7.15. The first-order chi connectivity index (χ1) is 11.8. The summed E-state index contributed by atoms with van der Waals surface area (Å²) >= 11 is 0. The fourth-order valence-corrected chi connectivity index (χ4v) is 4.21. The van der Waals surface area contributed by atoms with Gasteiger partial charge in [0.15, 0.2) is 0 Å². The third-order valence-electron chi connectivity index (χ3n) is 5.56. The number of likely N-dealkylation sites (tertiary alicyclic amines) is 1. The van der Waals surface area contributed by atoms with Crippen LogP contribution in [0.1, 0.15) is 44.1 Å². The van der Waals surface area contributed by atoms with E-state index in [1.807, 2.05) is 0 Å². The number of hydrogen-bond donors (Lipinski definition) is 1. The molecule has 2 aromatic rings. The fourth-order valence-electron chi connectivity index (χ4n) is 4.21. The van der Waals surface area contributed by atoms with Gasteiger partial charge in [0.25, 0.3) is 0 Å². The Morgan fingerprint density at radius 1 is 1.17 bits per heavy atom. The van der Waals surface area contributed by atoms with Gasteiger partial charge in [-0.25, -0.2) is 0 Å². The second-order valence-electron chi connectivity index (χ2n) is 7.15. The highest BCUT2D eigenvalue weighted by Crippen LogP contribution is 2.25. The van der Waals surface area contributed by atoms with E-state index >= 15 is 0 Å². The number of nitrogens with one attached hydrogen (secondary N) is 1. The van der Waals surface area contributed by atoms with Crippen molar-refractivity contribution >= 4 is 16.9 Å². The Bertz CT molecular complexity index is 702. The quantitative estimate of drug-likeness (QED) is 0.853. The zero-order chi connectivity index (χ0) is 16.4. The van der Waals surface area contributed by atoms with Crippen molar-refractivity contribution in [3.05, 3.63) is 36.0 Å². The van der Waals surface area contributed by atoms with E-state index in [1.165, 1.54) is 29.3 Å². The van der Waals surface area contributed by atoms with Gasteiger partial charge in [0.2, 0.25) is 0 Å². The van der Waals surface area contributed by atoms with Gasteiger partial charge in [-0.05, 0) is 63.1 Å². The van der Waals surface area contributed by atoms with E-state index in [-0.39, 0.29) is 18.1 Å². The van der Waals surface area contributed by atoms with Crippen LogP contribution in [0.5, 0.6) is 0 Å². The highest BCUT2D eigenvalue weighted by Gasteiger charge is 2.33. The number of carbonyl (C=O) groups is 1. The zero-order valence-corrected chi connectivity index (χ0v) is 14.2. The number of hydrogen-bond acceptors (Lipinski definition) is 3. The molecule has 1 aromatic heterocycles. The van der Waals surface area contributed by atoms with E-state index in [0.29, 0.717) is 0 Å². The van der Waals surface area contributed by atoms with E-state index in [0.717, 1.165) is 45.2 Å². The first-order valence-corrected chi connectivity index (χ1v) is 9.31. The predicted molar refractivity (Wildman–Crippen MR) is 94.9 cm³/mol. The Kier molecular flexibility index (Phi) is 4.56. The lowest BCUT2D eigenvalue weighted by Gasteiger charge is -2.24.